The molecular weight excluding hydrogens is 460 g/mol. The normalized spacial score (nSPS) is 15.1. The van der Waals surface area contributed by atoms with Crippen molar-refractivity contribution in [2.24, 2.45) is 0 Å². The maximum atomic E-state index is 12.4. The number of hydrogen-bond donors (Lipinski definition) is 0. The number of aryl methyl sites for hydroxylation is 2. The number of benzene rings is 2. The number of piperazine rings is 1. The Morgan fingerprint density at radius 2 is 1.57 bits per heavy atom. The molecule has 2 aromatic carbocycles. The van der Waals surface area contributed by atoms with Crippen LogP contribution < -0.4 is 4.90 Å². The van der Waals surface area contributed by atoms with E-state index in [4.69, 9.17) is 15.1 Å². The Kier molecular flexibility index (Phi) is 6.29. The van der Waals surface area contributed by atoms with Crippen LogP contribution in [0.25, 0.3) is 16.7 Å². The maximum Gasteiger partial charge on any atom is 0.213 e. The molecule has 1 fully saturated rings. The molecule has 1 aliphatic rings. The second-order valence-electron chi connectivity index (χ2n) is 8.94. The number of aromatic nitrogens is 4. The number of hydrogen-bond acceptors (Lipinski definition) is 6. The van der Waals surface area contributed by atoms with Crippen molar-refractivity contribution in [3.05, 3.63) is 77.2 Å². The zero-order chi connectivity index (χ0) is 24.6. The number of fused-ring (bicyclic) bond motifs is 1. The van der Waals surface area contributed by atoms with Crippen LogP contribution in [-0.4, -0.2) is 64.4 Å². The third-order valence-electron chi connectivity index (χ3n) is 6.51. The van der Waals surface area contributed by atoms with Gasteiger partial charge in [-0.25, -0.2) is 23.1 Å². The fraction of sp³-hybridized carbons (Fsp3) is 0.346. The first-order valence-corrected chi connectivity index (χ1v) is 13.6. The predicted octanol–water partition coefficient (Wildman–Crippen LogP) is 3.49. The average molecular weight is 491 g/mol. The van der Waals surface area contributed by atoms with Gasteiger partial charge >= 0.3 is 0 Å². The highest BCUT2D eigenvalue weighted by Crippen LogP contribution is 2.30. The van der Waals surface area contributed by atoms with Gasteiger partial charge in [0.05, 0.1) is 22.5 Å². The molecule has 3 heterocycles. The molecule has 9 heteroatoms. The van der Waals surface area contributed by atoms with E-state index in [1.165, 1.54) is 5.56 Å². The lowest BCUT2D eigenvalue weighted by Gasteiger charge is -2.34. The van der Waals surface area contributed by atoms with Gasteiger partial charge < -0.3 is 4.90 Å². The third kappa shape index (κ3) is 4.66. The molecule has 0 aliphatic carbocycles. The fourth-order valence-electron chi connectivity index (χ4n) is 4.51. The molecule has 182 valence electrons. The van der Waals surface area contributed by atoms with E-state index < -0.39 is 10.0 Å². The Labute approximate surface area is 206 Å². The fourth-order valence-corrected chi connectivity index (χ4v) is 5.60. The van der Waals surface area contributed by atoms with Crippen LogP contribution in [0.15, 0.2) is 54.6 Å². The van der Waals surface area contributed by atoms with Gasteiger partial charge in [-0.1, -0.05) is 48.0 Å². The SMILES string of the molecule is CCS(=O)(=O)N1CCN(c2nc(Cc3ccc(C)cc3)nc3c2c(C)nn3-c2ccccc2)CC1. The molecule has 4 aromatic rings. The van der Waals surface area contributed by atoms with Gasteiger partial charge in [0.1, 0.15) is 11.6 Å². The number of rotatable bonds is 6. The number of sulfonamides is 1. The standard InChI is InChI=1S/C26H30N6O2S/c1-4-35(33,34)31-16-14-30(15-17-31)25-24-20(3)29-32(22-8-6-5-7-9-22)26(24)28-23(27-25)18-21-12-10-19(2)11-13-21/h5-13H,4,14-18H2,1-3H3. The lowest BCUT2D eigenvalue weighted by Crippen LogP contribution is -2.49. The van der Waals surface area contributed by atoms with E-state index in [-0.39, 0.29) is 5.75 Å². The van der Waals surface area contributed by atoms with Crippen molar-refractivity contribution in [3.63, 3.8) is 0 Å². The van der Waals surface area contributed by atoms with Crippen LogP contribution in [0, 0.1) is 13.8 Å². The van der Waals surface area contributed by atoms with Crippen molar-refractivity contribution in [2.75, 3.05) is 36.8 Å². The highest BCUT2D eigenvalue weighted by Gasteiger charge is 2.28. The zero-order valence-corrected chi connectivity index (χ0v) is 21.2. The van der Waals surface area contributed by atoms with Crippen LogP contribution in [0.5, 0.6) is 0 Å². The second kappa shape index (κ2) is 9.39. The van der Waals surface area contributed by atoms with Gasteiger partial charge in [0.15, 0.2) is 5.65 Å². The third-order valence-corrected chi connectivity index (χ3v) is 8.39. The van der Waals surface area contributed by atoms with Gasteiger partial charge in [-0.3, -0.25) is 0 Å². The maximum absolute atomic E-state index is 12.4. The monoisotopic (exact) mass is 490 g/mol. The molecular formula is C26H30N6O2S. The number of nitrogens with zero attached hydrogens (tertiary/aromatic N) is 6. The van der Waals surface area contributed by atoms with Crippen LogP contribution >= 0.6 is 0 Å². The van der Waals surface area contributed by atoms with Crippen molar-refractivity contribution in [1.82, 2.24) is 24.1 Å². The largest absolute Gasteiger partial charge is 0.353 e. The summed E-state index contributed by atoms with van der Waals surface area (Å²) < 4.78 is 28.2. The first kappa shape index (κ1) is 23.4. The first-order valence-electron chi connectivity index (χ1n) is 12.0. The Morgan fingerprint density at radius 3 is 2.23 bits per heavy atom. The van der Waals surface area contributed by atoms with Gasteiger partial charge in [0, 0.05) is 32.6 Å². The summed E-state index contributed by atoms with van der Waals surface area (Å²) >= 11 is 0. The lowest BCUT2D eigenvalue weighted by atomic mass is 10.1. The van der Waals surface area contributed by atoms with Crippen LogP contribution in [0.3, 0.4) is 0 Å². The van der Waals surface area contributed by atoms with Crippen LogP contribution in [0.4, 0.5) is 5.82 Å². The van der Waals surface area contributed by atoms with Gasteiger partial charge in [-0.2, -0.15) is 9.40 Å². The van der Waals surface area contributed by atoms with Crippen LogP contribution in [0.2, 0.25) is 0 Å². The lowest BCUT2D eigenvalue weighted by molar-refractivity contribution is 0.384. The summed E-state index contributed by atoms with van der Waals surface area (Å²) in [5, 5.41) is 5.73. The second-order valence-corrected chi connectivity index (χ2v) is 11.2. The topological polar surface area (TPSA) is 84.2 Å². The van der Waals surface area contributed by atoms with E-state index in [9.17, 15) is 8.42 Å². The quantitative estimate of drug-likeness (QED) is 0.411. The highest BCUT2D eigenvalue weighted by molar-refractivity contribution is 7.89. The molecule has 1 aliphatic heterocycles. The number of anilines is 1. The van der Waals surface area contributed by atoms with Crippen LogP contribution in [-0.2, 0) is 16.4 Å². The molecule has 0 radical (unpaired) electrons. The summed E-state index contributed by atoms with van der Waals surface area (Å²) in [6.45, 7) is 7.78. The van der Waals surface area contributed by atoms with E-state index in [1.54, 1.807) is 11.2 Å². The molecule has 0 atom stereocenters. The van der Waals surface area contributed by atoms with Gasteiger partial charge in [0.2, 0.25) is 10.0 Å². The molecule has 8 nitrogen and oxygen atoms in total. The van der Waals surface area contributed by atoms with E-state index >= 15 is 0 Å². The van der Waals surface area contributed by atoms with Gasteiger partial charge in [-0.05, 0) is 38.5 Å². The summed E-state index contributed by atoms with van der Waals surface area (Å²) in [7, 11) is -3.20. The molecule has 0 unspecified atom stereocenters. The average Bonchev–Trinajstić information content (AvgIpc) is 3.22. The van der Waals surface area contributed by atoms with Gasteiger partial charge in [-0.15, -0.1) is 0 Å². The summed E-state index contributed by atoms with van der Waals surface area (Å²) in [6, 6.07) is 18.4. The summed E-state index contributed by atoms with van der Waals surface area (Å²) in [4.78, 5) is 12.2. The Morgan fingerprint density at radius 1 is 0.886 bits per heavy atom. The Balaban J connectivity index is 1.59. The molecule has 0 amide bonds. The molecule has 35 heavy (non-hydrogen) atoms. The van der Waals surface area contributed by atoms with Crippen molar-refractivity contribution in [1.29, 1.82) is 0 Å². The summed E-state index contributed by atoms with van der Waals surface area (Å²) in [6.07, 6.45) is 0.604. The first-order chi connectivity index (χ1) is 16.9. The zero-order valence-electron chi connectivity index (χ0n) is 20.3. The highest BCUT2D eigenvalue weighted by atomic mass is 32.2. The summed E-state index contributed by atoms with van der Waals surface area (Å²) in [5.41, 5.74) is 4.91. The van der Waals surface area contributed by atoms with E-state index in [0.29, 0.717) is 32.6 Å². The predicted molar refractivity (Wildman–Crippen MR) is 139 cm³/mol. The Hall–Kier alpha value is -3.30. The summed E-state index contributed by atoms with van der Waals surface area (Å²) in [5.74, 6) is 1.66. The molecule has 0 saturated carbocycles. The Bertz CT molecular complexity index is 1440. The molecule has 0 N–H and O–H groups in total. The molecule has 5 rings (SSSR count). The molecule has 0 bridgehead atoms. The van der Waals surface area contributed by atoms with E-state index in [2.05, 4.69) is 36.1 Å². The van der Waals surface area contributed by atoms with Crippen molar-refractivity contribution in [2.45, 2.75) is 27.2 Å². The van der Waals surface area contributed by atoms with Crippen molar-refractivity contribution >= 4 is 26.9 Å². The van der Waals surface area contributed by atoms with Crippen LogP contribution in [0.1, 0.15) is 29.6 Å². The number of para-hydroxylation sites is 1. The minimum Gasteiger partial charge on any atom is -0.353 e. The minimum absolute atomic E-state index is 0.119. The van der Waals surface area contributed by atoms with E-state index in [0.717, 1.165) is 39.6 Å². The smallest absolute Gasteiger partial charge is 0.213 e. The molecule has 1 saturated heterocycles. The van der Waals surface area contributed by atoms with Crippen molar-refractivity contribution < 1.29 is 8.42 Å². The van der Waals surface area contributed by atoms with Crippen molar-refractivity contribution in [3.8, 4) is 5.69 Å². The molecule has 0 spiro atoms. The van der Waals surface area contributed by atoms with E-state index in [1.807, 2.05) is 41.9 Å². The minimum atomic E-state index is -3.20. The molecule has 2 aromatic heterocycles. The van der Waals surface area contributed by atoms with Gasteiger partial charge in [0.25, 0.3) is 0 Å².